The number of hydrogen-bond acceptors (Lipinski definition) is 3. The van der Waals surface area contributed by atoms with Crippen LogP contribution in [0.15, 0.2) is 34.2 Å². The second kappa shape index (κ2) is 10.5. The molecule has 0 fully saturated rings. The number of sulfonamides is 1. The van der Waals surface area contributed by atoms with Crippen LogP contribution in [0.3, 0.4) is 0 Å². The predicted molar refractivity (Wildman–Crippen MR) is 109 cm³/mol. The van der Waals surface area contributed by atoms with Crippen molar-refractivity contribution in [3.05, 3.63) is 29.8 Å². The van der Waals surface area contributed by atoms with Crippen molar-refractivity contribution in [2.75, 3.05) is 20.6 Å². The van der Waals surface area contributed by atoms with Crippen LogP contribution in [0.2, 0.25) is 0 Å². The summed E-state index contributed by atoms with van der Waals surface area (Å²) in [7, 11) is -0.0893. The lowest BCUT2D eigenvalue weighted by Crippen LogP contribution is -2.37. The van der Waals surface area contributed by atoms with Crippen LogP contribution >= 0.6 is 0 Å². The molecule has 0 aliphatic carbocycles. The van der Waals surface area contributed by atoms with Gasteiger partial charge in [-0.05, 0) is 50.3 Å². The quantitative estimate of drug-likeness (QED) is 0.391. The molecular formula is C19H34N4O2S. The highest BCUT2D eigenvalue weighted by atomic mass is 32.2. The Morgan fingerprint density at radius 1 is 1.12 bits per heavy atom. The number of rotatable bonds is 9. The summed E-state index contributed by atoms with van der Waals surface area (Å²) >= 11 is 0. The van der Waals surface area contributed by atoms with Crippen LogP contribution in [0, 0.1) is 5.92 Å². The van der Waals surface area contributed by atoms with E-state index in [4.69, 9.17) is 0 Å². The van der Waals surface area contributed by atoms with Crippen molar-refractivity contribution >= 4 is 16.0 Å². The van der Waals surface area contributed by atoms with Crippen LogP contribution in [0.25, 0.3) is 0 Å². The maximum Gasteiger partial charge on any atom is 0.243 e. The monoisotopic (exact) mass is 382 g/mol. The van der Waals surface area contributed by atoms with Crippen molar-refractivity contribution in [2.24, 2.45) is 10.9 Å². The van der Waals surface area contributed by atoms with Gasteiger partial charge in [-0.2, -0.15) is 4.31 Å². The van der Waals surface area contributed by atoms with Crippen molar-refractivity contribution in [2.45, 2.75) is 58.0 Å². The second-order valence-electron chi connectivity index (χ2n) is 7.15. The molecule has 0 radical (unpaired) electrons. The van der Waals surface area contributed by atoms with E-state index in [1.807, 2.05) is 26.0 Å². The van der Waals surface area contributed by atoms with Gasteiger partial charge in [0.2, 0.25) is 10.0 Å². The molecule has 0 amide bonds. The maximum atomic E-state index is 12.5. The Hall–Kier alpha value is -1.60. The van der Waals surface area contributed by atoms with Gasteiger partial charge < -0.3 is 10.6 Å². The highest BCUT2D eigenvalue weighted by molar-refractivity contribution is 7.89. The highest BCUT2D eigenvalue weighted by Crippen LogP contribution is 2.17. The minimum Gasteiger partial charge on any atom is -0.356 e. The van der Waals surface area contributed by atoms with Crippen LogP contribution < -0.4 is 10.6 Å². The predicted octanol–water partition coefficient (Wildman–Crippen LogP) is 2.82. The van der Waals surface area contributed by atoms with Gasteiger partial charge in [-0.15, -0.1) is 0 Å². The standard InChI is InChI=1S/C19H34N4O2S/c1-15(2)8-7-13-21-19(20-5)22-14-17-9-11-18(12-10-17)26(24,25)23(6)16(3)4/h9-12,15-16H,7-8,13-14H2,1-6H3,(H2,20,21,22). The van der Waals surface area contributed by atoms with E-state index < -0.39 is 10.0 Å². The summed E-state index contributed by atoms with van der Waals surface area (Å²) in [6, 6.07) is 6.90. The zero-order chi connectivity index (χ0) is 19.7. The second-order valence-corrected chi connectivity index (χ2v) is 9.15. The molecule has 0 aliphatic heterocycles. The minimum atomic E-state index is -3.44. The third-order valence-electron chi connectivity index (χ3n) is 4.26. The first-order valence-electron chi connectivity index (χ1n) is 9.20. The van der Waals surface area contributed by atoms with Gasteiger partial charge in [-0.3, -0.25) is 4.99 Å². The van der Waals surface area contributed by atoms with Crippen LogP contribution in [-0.2, 0) is 16.6 Å². The van der Waals surface area contributed by atoms with Crippen molar-refractivity contribution in [3.63, 3.8) is 0 Å². The van der Waals surface area contributed by atoms with E-state index in [0.29, 0.717) is 17.4 Å². The summed E-state index contributed by atoms with van der Waals surface area (Å²) in [5, 5.41) is 6.55. The van der Waals surface area contributed by atoms with E-state index in [1.165, 1.54) is 10.7 Å². The molecule has 1 rings (SSSR count). The van der Waals surface area contributed by atoms with Gasteiger partial charge in [0.05, 0.1) is 4.90 Å². The van der Waals surface area contributed by atoms with Crippen LogP contribution in [0.4, 0.5) is 0 Å². The van der Waals surface area contributed by atoms with Gasteiger partial charge in [0.1, 0.15) is 0 Å². The third kappa shape index (κ3) is 6.96. The Balaban J connectivity index is 2.59. The minimum absolute atomic E-state index is 0.0774. The van der Waals surface area contributed by atoms with Crippen LogP contribution in [0.1, 0.15) is 46.1 Å². The molecule has 0 atom stereocenters. The Kier molecular flexibility index (Phi) is 9.08. The van der Waals surface area contributed by atoms with E-state index >= 15 is 0 Å². The number of aliphatic imine (C=N–C) groups is 1. The van der Waals surface area contributed by atoms with Gasteiger partial charge in [-0.25, -0.2) is 8.42 Å². The highest BCUT2D eigenvalue weighted by Gasteiger charge is 2.22. The fourth-order valence-electron chi connectivity index (χ4n) is 2.35. The molecule has 0 aromatic heterocycles. The van der Waals surface area contributed by atoms with Crippen molar-refractivity contribution in [1.82, 2.24) is 14.9 Å². The molecule has 0 aliphatic rings. The van der Waals surface area contributed by atoms with Gasteiger partial charge >= 0.3 is 0 Å². The molecule has 0 saturated heterocycles. The van der Waals surface area contributed by atoms with Gasteiger partial charge in [0.25, 0.3) is 0 Å². The number of nitrogens with one attached hydrogen (secondary N) is 2. The first kappa shape index (κ1) is 22.4. The van der Waals surface area contributed by atoms with Gasteiger partial charge in [0.15, 0.2) is 5.96 Å². The summed E-state index contributed by atoms with van der Waals surface area (Å²) in [6.45, 7) is 9.62. The number of nitrogens with zero attached hydrogens (tertiary/aromatic N) is 2. The molecule has 148 valence electrons. The topological polar surface area (TPSA) is 73.8 Å². The Labute approximate surface area is 159 Å². The molecule has 2 N–H and O–H groups in total. The first-order valence-corrected chi connectivity index (χ1v) is 10.6. The molecule has 0 saturated carbocycles. The SMILES string of the molecule is CN=C(NCCCC(C)C)NCc1ccc(S(=O)(=O)N(C)C(C)C)cc1. The van der Waals surface area contributed by atoms with Gasteiger partial charge in [0, 0.05) is 33.2 Å². The Morgan fingerprint density at radius 3 is 2.23 bits per heavy atom. The van der Waals surface area contributed by atoms with Crippen molar-refractivity contribution < 1.29 is 8.42 Å². The summed E-state index contributed by atoms with van der Waals surface area (Å²) in [6.07, 6.45) is 2.29. The van der Waals surface area contributed by atoms with Crippen molar-refractivity contribution in [3.8, 4) is 0 Å². The molecule has 0 bridgehead atoms. The Morgan fingerprint density at radius 2 is 1.73 bits per heavy atom. The zero-order valence-electron chi connectivity index (χ0n) is 16.9. The van der Waals surface area contributed by atoms with Crippen LogP contribution in [0.5, 0.6) is 0 Å². The summed E-state index contributed by atoms with van der Waals surface area (Å²) < 4.78 is 26.3. The molecular weight excluding hydrogens is 348 g/mol. The molecule has 26 heavy (non-hydrogen) atoms. The lowest BCUT2D eigenvalue weighted by molar-refractivity contribution is 0.410. The van der Waals surface area contributed by atoms with E-state index in [9.17, 15) is 8.42 Å². The molecule has 6 nitrogen and oxygen atoms in total. The molecule has 0 heterocycles. The van der Waals surface area contributed by atoms with E-state index in [0.717, 1.165) is 24.5 Å². The van der Waals surface area contributed by atoms with E-state index in [1.54, 1.807) is 26.2 Å². The molecule has 7 heteroatoms. The average Bonchev–Trinajstić information content (AvgIpc) is 2.60. The average molecular weight is 383 g/mol. The fourth-order valence-corrected chi connectivity index (χ4v) is 3.71. The number of hydrogen-bond donors (Lipinski definition) is 2. The molecule has 1 aromatic rings. The zero-order valence-corrected chi connectivity index (χ0v) is 17.7. The number of benzene rings is 1. The largest absolute Gasteiger partial charge is 0.356 e. The third-order valence-corrected chi connectivity index (χ3v) is 6.31. The normalized spacial score (nSPS) is 12.9. The molecule has 0 unspecified atom stereocenters. The van der Waals surface area contributed by atoms with Crippen molar-refractivity contribution in [1.29, 1.82) is 0 Å². The maximum absolute atomic E-state index is 12.5. The summed E-state index contributed by atoms with van der Waals surface area (Å²) in [5.74, 6) is 1.46. The fraction of sp³-hybridized carbons (Fsp3) is 0.632. The summed E-state index contributed by atoms with van der Waals surface area (Å²) in [4.78, 5) is 4.52. The van der Waals surface area contributed by atoms with Gasteiger partial charge in [-0.1, -0.05) is 26.0 Å². The lowest BCUT2D eigenvalue weighted by atomic mass is 10.1. The van der Waals surface area contributed by atoms with E-state index in [2.05, 4.69) is 29.5 Å². The molecule has 0 spiro atoms. The Bertz CT molecular complexity index is 667. The number of guanidine groups is 1. The summed E-state index contributed by atoms with van der Waals surface area (Å²) in [5.41, 5.74) is 1.00. The molecule has 1 aromatic carbocycles. The van der Waals surface area contributed by atoms with Crippen LogP contribution in [-0.4, -0.2) is 45.4 Å². The lowest BCUT2D eigenvalue weighted by Gasteiger charge is -2.21. The first-order chi connectivity index (χ1) is 12.2. The van der Waals surface area contributed by atoms with E-state index in [-0.39, 0.29) is 6.04 Å². The smallest absolute Gasteiger partial charge is 0.243 e.